The molecular formula is C14H17N5O2S. The van der Waals surface area contributed by atoms with E-state index in [1.165, 1.54) is 11.8 Å². The molecule has 0 aliphatic carbocycles. The van der Waals surface area contributed by atoms with Crippen molar-refractivity contribution in [1.29, 1.82) is 0 Å². The Balaban J connectivity index is 1.53. The fraction of sp³-hybridized carbons (Fsp3) is 0.500. The molecule has 2 aromatic heterocycles. The van der Waals surface area contributed by atoms with Crippen LogP contribution in [0.3, 0.4) is 0 Å². The fourth-order valence-corrected chi connectivity index (χ4v) is 3.16. The number of amides is 1. The Bertz CT molecular complexity index is 675. The molecule has 1 saturated heterocycles. The van der Waals surface area contributed by atoms with Crippen molar-refractivity contribution in [2.24, 2.45) is 0 Å². The zero-order valence-electron chi connectivity index (χ0n) is 12.5. The summed E-state index contributed by atoms with van der Waals surface area (Å²) in [5.74, 6) is 1.84. The minimum absolute atomic E-state index is 0.0915. The van der Waals surface area contributed by atoms with E-state index in [1.807, 2.05) is 17.9 Å². The molecule has 0 saturated carbocycles. The number of aryl methyl sites for hydroxylation is 2. The van der Waals surface area contributed by atoms with E-state index in [1.54, 1.807) is 13.1 Å². The van der Waals surface area contributed by atoms with Gasteiger partial charge in [-0.1, -0.05) is 16.9 Å². The van der Waals surface area contributed by atoms with Crippen LogP contribution < -0.4 is 0 Å². The van der Waals surface area contributed by atoms with Crippen LogP contribution in [-0.2, 0) is 4.79 Å². The third-order valence-corrected chi connectivity index (χ3v) is 4.38. The van der Waals surface area contributed by atoms with Gasteiger partial charge in [0.25, 0.3) is 0 Å². The highest BCUT2D eigenvalue weighted by atomic mass is 32.2. The van der Waals surface area contributed by atoms with Crippen LogP contribution in [0.2, 0.25) is 0 Å². The van der Waals surface area contributed by atoms with Gasteiger partial charge in [-0.2, -0.15) is 4.98 Å². The maximum Gasteiger partial charge on any atom is 0.233 e. The Hall–Kier alpha value is -1.96. The zero-order valence-corrected chi connectivity index (χ0v) is 13.3. The summed E-state index contributed by atoms with van der Waals surface area (Å²) < 4.78 is 5.19. The second-order valence-electron chi connectivity index (χ2n) is 5.27. The smallest absolute Gasteiger partial charge is 0.233 e. The molecule has 1 fully saturated rings. The number of nitrogens with zero attached hydrogens (tertiary/aromatic N) is 5. The van der Waals surface area contributed by atoms with Crippen molar-refractivity contribution in [2.75, 3.05) is 18.8 Å². The molecule has 0 radical (unpaired) electrons. The fourth-order valence-electron chi connectivity index (χ4n) is 2.38. The number of rotatable bonds is 4. The summed E-state index contributed by atoms with van der Waals surface area (Å²) in [6.07, 6.45) is 2.57. The first-order valence-corrected chi connectivity index (χ1v) is 8.11. The van der Waals surface area contributed by atoms with Gasteiger partial charge in [0.15, 0.2) is 11.0 Å². The van der Waals surface area contributed by atoms with Crippen LogP contribution in [0.5, 0.6) is 0 Å². The molecule has 1 amide bonds. The first-order valence-electron chi connectivity index (χ1n) is 7.12. The van der Waals surface area contributed by atoms with Crippen molar-refractivity contribution in [3.63, 3.8) is 0 Å². The van der Waals surface area contributed by atoms with Gasteiger partial charge in [-0.05, 0) is 26.3 Å². The lowest BCUT2D eigenvalue weighted by Gasteiger charge is -2.15. The highest BCUT2D eigenvalue weighted by molar-refractivity contribution is 7.99. The summed E-state index contributed by atoms with van der Waals surface area (Å²) >= 11 is 1.37. The predicted octanol–water partition coefficient (Wildman–Crippen LogP) is 1.58. The van der Waals surface area contributed by atoms with Crippen molar-refractivity contribution < 1.29 is 9.32 Å². The Morgan fingerprint density at radius 1 is 1.45 bits per heavy atom. The standard InChI is InChI=1S/C14H17N5O2S/c1-9-3-5-15-14(16-9)22-8-12(20)19-6-4-11(7-19)13-17-10(2)18-21-13/h3,5,11H,4,6-8H2,1-2H3/t11-/m0/s1. The summed E-state index contributed by atoms with van der Waals surface area (Å²) in [7, 11) is 0. The first kappa shape index (κ1) is 15.0. The van der Waals surface area contributed by atoms with Crippen molar-refractivity contribution >= 4 is 17.7 Å². The minimum Gasteiger partial charge on any atom is -0.341 e. The van der Waals surface area contributed by atoms with Crippen LogP contribution in [0, 0.1) is 13.8 Å². The van der Waals surface area contributed by atoms with E-state index in [9.17, 15) is 4.79 Å². The average Bonchev–Trinajstić information content (AvgIpc) is 3.13. The highest BCUT2D eigenvalue weighted by Crippen LogP contribution is 2.26. The summed E-state index contributed by atoms with van der Waals surface area (Å²) in [5, 5.41) is 4.44. The van der Waals surface area contributed by atoms with E-state index in [-0.39, 0.29) is 11.8 Å². The average molecular weight is 319 g/mol. The van der Waals surface area contributed by atoms with Gasteiger partial charge in [0, 0.05) is 25.0 Å². The third kappa shape index (κ3) is 3.44. The number of aromatic nitrogens is 4. The lowest BCUT2D eigenvalue weighted by molar-refractivity contribution is -0.127. The van der Waals surface area contributed by atoms with Crippen molar-refractivity contribution in [2.45, 2.75) is 31.3 Å². The number of carbonyl (C=O) groups excluding carboxylic acids is 1. The number of likely N-dealkylation sites (tertiary alicyclic amines) is 1. The van der Waals surface area contributed by atoms with Crippen LogP contribution in [-0.4, -0.2) is 49.8 Å². The number of hydrogen-bond acceptors (Lipinski definition) is 7. The van der Waals surface area contributed by atoms with E-state index in [4.69, 9.17) is 4.52 Å². The van der Waals surface area contributed by atoms with Gasteiger partial charge in [-0.25, -0.2) is 9.97 Å². The van der Waals surface area contributed by atoms with E-state index in [0.29, 0.717) is 29.2 Å². The Labute approximate surface area is 132 Å². The number of thioether (sulfide) groups is 1. The second-order valence-corrected chi connectivity index (χ2v) is 6.22. The molecule has 8 heteroatoms. The quantitative estimate of drug-likeness (QED) is 0.625. The van der Waals surface area contributed by atoms with E-state index in [0.717, 1.165) is 18.7 Å². The normalized spacial score (nSPS) is 17.9. The molecule has 0 spiro atoms. The van der Waals surface area contributed by atoms with Gasteiger partial charge in [-0.3, -0.25) is 4.79 Å². The molecular weight excluding hydrogens is 302 g/mol. The first-order chi connectivity index (χ1) is 10.6. The Morgan fingerprint density at radius 2 is 2.32 bits per heavy atom. The van der Waals surface area contributed by atoms with E-state index in [2.05, 4.69) is 20.1 Å². The zero-order chi connectivity index (χ0) is 15.5. The third-order valence-electron chi connectivity index (χ3n) is 3.53. The molecule has 0 N–H and O–H groups in total. The molecule has 0 unspecified atom stereocenters. The van der Waals surface area contributed by atoms with Crippen molar-refractivity contribution in [1.82, 2.24) is 25.0 Å². The second kappa shape index (κ2) is 6.43. The molecule has 116 valence electrons. The predicted molar refractivity (Wildman–Crippen MR) is 80.5 cm³/mol. The van der Waals surface area contributed by atoms with Crippen LogP contribution >= 0.6 is 11.8 Å². The molecule has 7 nitrogen and oxygen atoms in total. The lowest BCUT2D eigenvalue weighted by Crippen LogP contribution is -2.30. The molecule has 3 heterocycles. The Kier molecular flexibility index (Phi) is 4.37. The van der Waals surface area contributed by atoms with Gasteiger partial charge in [0.2, 0.25) is 11.8 Å². The van der Waals surface area contributed by atoms with Gasteiger partial charge in [-0.15, -0.1) is 0 Å². The summed E-state index contributed by atoms with van der Waals surface area (Å²) in [6, 6.07) is 1.84. The number of hydrogen-bond donors (Lipinski definition) is 0. The van der Waals surface area contributed by atoms with E-state index >= 15 is 0 Å². The van der Waals surface area contributed by atoms with Crippen molar-refractivity contribution in [3.05, 3.63) is 29.7 Å². The maximum absolute atomic E-state index is 12.3. The van der Waals surface area contributed by atoms with Crippen molar-refractivity contribution in [3.8, 4) is 0 Å². The van der Waals surface area contributed by atoms with Crippen LogP contribution in [0.25, 0.3) is 0 Å². The Morgan fingerprint density at radius 3 is 3.05 bits per heavy atom. The molecule has 22 heavy (non-hydrogen) atoms. The SMILES string of the molecule is Cc1ccnc(SCC(=O)N2CC[C@H](c3nc(C)no3)C2)n1. The lowest BCUT2D eigenvalue weighted by atomic mass is 10.1. The molecule has 1 aliphatic rings. The summed E-state index contributed by atoms with van der Waals surface area (Å²) in [5.41, 5.74) is 0.901. The summed E-state index contributed by atoms with van der Waals surface area (Å²) in [4.78, 5) is 26.8. The van der Waals surface area contributed by atoms with Crippen LogP contribution in [0.15, 0.2) is 21.9 Å². The highest BCUT2D eigenvalue weighted by Gasteiger charge is 2.30. The van der Waals surface area contributed by atoms with Crippen LogP contribution in [0.4, 0.5) is 0 Å². The minimum atomic E-state index is 0.0915. The topological polar surface area (TPSA) is 85.0 Å². The summed E-state index contributed by atoms with van der Waals surface area (Å²) in [6.45, 7) is 5.06. The monoisotopic (exact) mass is 319 g/mol. The van der Waals surface area contributed by atoms with Crippen LogP contribution in [0.1, 0.15) is 29.7 Å². The molecule has 1 atom stereocenters. The van der Waals surface area contributed by atoms with Gasteiger partial charge in [0.1, 0.15) is 0 Å². The van der Waals surface area contributed by atoms with Gasteiger partial charge >= 0.3 is 0 Å². The molecule has 1 aliphatic heterocycles. The maximum atomic E-state index is 12.3. The van der Waals surface area contributed by atoms with Gasteiger partial charge < -0.3 is 9.42 Å². The number of carbonyl (C=O) groups is 1. The molecule has 2 aromatic rings. The molecule has 3 rings (SSSR count). The van der Waals surface area contributed by atoms with E-state index < -0.39 is 0 Å². The molecule has 0 aromatic carbocycles. The molecule has 0 bridgehead atoms. The van der Waals surface area contributed by atoms with Gasteiger partial charge in [0.05, 0.1) is 11.7 Å². The largest absolute Gasteiger partial charge is 0.341 e.